The van der Waals surface area contributed by atoms with Crippen molar-refractivity contribution in [1.29, 1.82) is 0 Å². The molecular weight excluding hydrogens is 238 g/mol. The van der Waals surface area contributed by atoms with E-state index in [0.717, 1.165) is 0 Å². The highest BCUT2D eigenvalue weighted by Crippen LogP contribution is 2.26. The lowest BCUT2D eigenvalue weighted by molar-refractivity contribution is -0.154. The molecule has 0 aliphatic heterocycles. The molecular formula is C12H17NO3S. The highest BCUT2D eigenvalue weighted by molar-refractivity contribution is 7.10. The van der Waals surface area contributed by atoms with Crippen LogP contribution in [0, 0.1) is 0 Å². The number of thiophene rings is 1. The zero-order chi connectivity index (χ0) is 12.9. The summed E-state index contributed by atoms with van der Waals surface area (Å²) in [5.41, 5.74) is -0.184. The molecule has 1 aromatic heterocycles. The minimum absolute atomic E-state index is 0.184. The standard InChI is InChI=1S/C12H17NO3S/c1-4-16-11(15)10(14)13-8-12(2,3)9-6-5-7-17-9/h5-7H,4,8H2,1-3H3,(H,13,14). The SMILES string of the molecule is CCOC(=O)C(=O)NCC(C)(C)c1cccs1. The van der Waals surface area contributed by atoms with Gasteiger partial charge in [-0.25, -0.2) is 4.79 Å². The van der Waals surface area contributed by atoms with Crippen LogP contribution in [0.25, 0.3) is 0 Å². The molecule has 0 aromatic carbocycles. The minimum Gasteiger partial charge on any atom is -0.459 e. The Morgan fingerprint density at radius 1 is 1.47 bits per heavy atom. The lowest BCUT2D eigenvalue weighted by Gasteiger charge is -2.23. The molecule has 0 bridgehead atoms. The van der Waals surface area contributed by atoms with E-state index in [2.05, 4.69) is 10.1 Å². The maximum absolute atomic E-state index is 11.4. The Hall–Kier alpha value is -1.36. The second-order valence-electron chi connectivity index (χ2n) is 4.26. The molecule has 0 aliphatic rings. The summed E-state index contributed by atoms with van der Waals surface area (Å²) in [4.78, 5) is 23.6. The Morgan fingerprint density at radius 2 is 2.18 bits per heavy atom. The highest BCUT2D eigenvalue weighted by Gasteiger charge is 2.24. The van der Waals surface area contributed by atoms with Crippen molar-refractivity contribution in [2.24, 2.45) is 0 Å². The summed E-state index contributed by atoms with van der Waals surface area (Å²) in [6, 6.07) is 3.98. The molecule has 4 nitrogen and oxygen atoms in total. The first kappa shape index (κ1) is 13.7. The molecule has 0 spiro atoms. The van der Waals surface area contributed by atoms with E-state index in [9.17, 15) is 9.59 Å². The third-order valence-electron chi connectivity index (χ3n) is 2.34. The normalized spacial score (nSPS) is 11.0. The zero-order valence-corrected chi connectivity index (χ0v) is 11.1. The van der Waals surface area contributed by atoms with Gasteiger partial charge < -0.3 is 10.1 Å². The Kier molecular flexibility index (Phi) is 4.69. The summed E-state index contributed by atoms with van der Waals surface area (Å²) in [5, 5.41) is 4.58. The van der Waals surface area contributed by atoms with E-state index < -0.39 is 11.9 Å². The third-order valence-corrected chi connectivity index (χ3v) is 3.58. The van der Waals surface area contributed by atoms with E-state index in [0.29, 0.717) is 6.54 Å². The van der Waals surface area contributed by atoms with Gasteiger partial charge in [0.05, 0.1) is 6.61 Å². The van der Waals surface area contributed by atoms with E-state index in [1.165, 1.54) is 4.88 Å². The van der Waals surface area contributed by atoms with E-state index in [-0.39, 0.29) is 12.0 Å². The molecule has 1 aromatic rings. The van der Waals surface area contributed by atoms with Crippen LogP contribution < -0.4 is 5.32 Å². The van der Waals surface area contributed by atoms with Crippen molar-refractivity contribution in [2.45, 2.75) is 26.2 Å². The number of amides is 1. The molecule has 0 aliphatic carbocycles. The number of hydrogen-bond donors (Lipinski definition) is 1. The molecule has 1 N–H and O–H groups in total. The van der Waals surface area contributed by atoms with Crippen molar-refractivity contribution in [3.63, 3.8) is 0 Å². The summed E-state index contributed by atoms with van der Waals surface area (Å²) < 4.78 is 4.61. The van der Waals surface area contributed by atoms with Crippen LogP contribution in [0.4, 0.5) is 0 Å². The average molecular weight is 255 g/mol. The van der Waals surface area contributed by atoms with Crippen LogP contribution in [0.2, 0.25) is 0 Å². The summed E-state index contributed by atoms with van der Waals surface area (Å²) in [7, 11) is 0. The number of ether oxygens (including phenoxy) is 1. The van der Waals surface area contributed by atoms with Gasteiger partial charge in [-0.2, -0.15) is 0 Å². The maximum Gasteiger partial charge on any atom is 0.396 e. The van der Waals surface area contributed by atoms with Gasteiger partial charge in [0.2, 0.25) is 0 Å². The molecule has 0 saturated carbocycles. The maximum atomic E-state index is 11.4. The number of rotatable bonds is 4. The smallest absolute Gasteiger partial charge is 0.396 e. The summed E-state index contributed by atoms with van der Waals surface area (Å²) in [5.74, 6) is -1.51. The topological polar surface area (TPSA) is 55.4 Å². The van der Waals surface area contributed by atoms with Crippen molar-refractivity contribution in [3.05, 3.63) is 22.4 Å². The molecule has 1 heterocycles. The Bertz CT molecular complexity index is 384. The van der Waals surface area contributed by atoms with Gasteiger partial charge in [-0.3, -0.25) is 4.79 Å². The number of esters is 1. The number of carbonyl (C=O) groups is 2. The fraction of sp³-hybridized carbons (Fsp3) is 0.500. The first-order chi connectivity index (χ1) is 7.97. The number of carbonyl (C=O) groups excluding carboxylic acids is 2. The molecule has 0 atom stereocenters. The van der Waals surface area contributed by atoms with Crippen molar-refractivity contribution >= 4 is 23.2 Å². The third kappa shape index (κ3) is 3.85. The zero-order valence-electron chi connectivity index (χ0n) is 10.3. The first-order valence-corrected chi connectivity index (χ1v) is 6.34. The number of nitrogens with one attached hydrogen (secondary N) is 1. The Morgan fingerprint density at radius 3 is 2.71 bits per heavy atom. The van der Waals surface area contributed by atoms with Crippen molar-refractivity contribution < 1.29 is 14.3 Å². The van der Waals surface area contributed by atoms with Crippen LogP contribution in [0.15, 0.2) is 17.5 Å². The van der Waals surface area contributed by atoms with Crippen molar-refractivity contribution in [3.8, 4) is 0 Å². The second kappa shape index (κ2) is 5.82. The molecule has 94 valence electrons. The van der Waals surface area contributed by atoms with E-state index in [1.807, 2.05) is 31.4 Å². The molecule has 1 rings (SSSR count). The molecule has 0 radical (unpaired) electrons. The van der Waals surface area contributed by atoms with Gasteiger partial charge in [-0.15, -0.1) is 11.3 Å². The van der Waals surface area contributed by atoms with Crippen LogP contribution >= 0.6 is 11.3 Å². The molecule has 1 amide bonds. The largest absolute Gasteiger partial charge is 0.459 e. The molecule has 0 fully saturated rings. The molecule has 17 heavy (non-hydrogen) atoms. The van der Waals surface area contributed by atoms with Gasteiger partial charge in [-0.1, -0.05) is 19.9 Å². The van der Waals surface area contributed by atoms with E-state index in [1.54, 1.807) is 18.3 Å². The second-order valence-corrected chi connectivity index (χ2v) is 5.21. The first-order valence-electron chi connectivity index (χ1n) is 5.46. The summed E-state index contributed by atoms with van der Waals surface area (Å²) in [6.07, 6.45) is 0. The molecule has 0 saturated heterocycles. The van der Waals surface area contributed by atoms with Crippen LogP contribution in [0.1, 0.15) is 25.6 Å². The van der Waals surface area contributed by atoms with Gasteiger partial charge >= 0.3 is 11.9 Å². The van der Waals surface area contributed by atoms with Gasteiger partial charge in [0, 0.05) is 16.8 Å². The molecule has 0 unspecified atom stereocenters. The van der Waals surface area contributed by atoms with E-state index in [4.69, 9.17) is 0 Å². The average Bonchev–Trinajstić information content (AvgIpc) is 2.80. The van der Waals surface area contributed by atoms with Gasteiger partial charge in [0.1, 0.15) is 0 Å². The Labute approximate surface area is 105 Å². The lowest BCUT2D eigenvalue weighted by atomic mass is 9.91. The highest BCUT2D eigenvalue weighted by atomic mass is 32.1. The quantitative estimate of drug-likeness (QED) is 0.658. The van der Waals surface area contributed by atoms with Gasteiger partial charge in [0.15, 0.2) is 0 Å². The monoisotopic (exact) mass is 255 g/mol. The minimum atomic E-state index is -0.825. The Balaban J connectivity index is 2.50. The predicted octanol–water partition coefficient (Wildman–Crippen LogP) is 1.70. The van der Waals surface area contributed by atoms with Crippen LogP contribution in [-0.4, -0.2) is 25.0 Å². The predicted molar refractivity (Wildman–Crippen MR) is 67.0 cm³/mol. The summed E-state index contributed by atoms with van der Waals surface area (Å²) in [6.45, 7) is 6.32. The molecule has 5 heteroatoms. The fourth-order valence-corrected chi connectivity index (χ4v) is 2.17. The van der Waals surface area contributed by atoms with Gasteiger partial charge in [-0.05, 0) is 18.4 Å². The van der Waals surface area contributed by atoms with Crippen molar-refractivity contribution in [2.75, 3.05) is 13.2 Å². The van der Waals surface area contributed by atoms with Gasteiger partial charge in [0.25, 0.3) is 0 Å². The van der Waals surface area contributed by atoms with Crippen LogP contribution in [0.3, 0.4) is 0 Å². The number of hydrogen-bond acceptors (Lipinski definition) is 4. The van der Waals surface area contributed by atoms with Crippen molar-refractivity contribution in [1.82, 2.24) is 5.32 Å². The lowest BCUT2D eigenvalue weighted by Crippen LogP contribution is -2.40. The van der Waals surface area contributed by atoms with Crippen LogP contribution in [-0.2, 0) is 19.7 Å². The fourth-order valence-electron chi connectivity index (χ4n) is 1.32. The van der Waals surface area contributed by atoms with E-state index >= 15 is 0 Å². The summed E-state index contributed by atoms with van der Waals surface area (Å²) >= 11 is 1.63. The van der Waals surface area contributed by atoms with Crippen LogP contribution in [0.5, 0.6) is 0 Å².